The maximum Gasteiger partial charge on any atom is 0.137 e. The quantitative estimate of drug-likeness (QED) is 0.732. The van der Waals surface area contributed by atoms with Gasteiger partial charge in [-0.3, -0.25) is 4.98 Å². The van der Waals surface area contributed by atoms with Gasteiger partial charge in [-0.05, 0) is 68.1 Å². The van der Waals surface area contributed by atoms with Crippen molar-refractivity contribution < 1.29 is 4.74 Å². The van der Waals surface area contributed by atoms with Gasteiger partial charge in [0.2, 0.25) is 0 Å². The highest BCUT2D eigenvalue weighted by Crippen LogP contribution is 2.38. The van der Waals surface area contributed by atoms with E-state index in [1.165, 1.54) is 5.56 Å². The fraction of sp³-hybridized carbons (Fsp3) is 0.357. The summed E-state index contributed by atoms with van der Waals surface area (Å²) in [6.45, 7) is 3.11. The summed E-state index contributed by atoms with van der Waals surface area (Å²) in [6.07, 6.45) is 4.68. The second kappa shape index (κ2) is 7.54. The van der Waals surface area contributed by atoms with Crippen LogP contribution in [0.5, 0.6) is 5.75 Å². The average Bonchev–Trinajstić information content (AvgIpc) is 2.78. The molecule has 2 heterocycles. The van der Waals surface area contributed by atoms with Gasteiger partial charge in [-0.15, -0.1) is 11.3 Å². The molecule has 0 aliphatic rings. The lowest BCUT2D eigenvalue weighted by molar-refractivity contribution is 0.411. The minimum absolute atomic E-state index is 0.106. The molecule has 1 atom stereocenters. The molecule has 1 N–H and O–H groups in total. The van der Waals surface area contributed by atoms with E-state index in [0.29, 0.717) is 0 Å². The molecule has 2 aromatic rings. The summed E-state index contributed by atoms with van der Waals surface area (Å²) in [7, 11) is 1.66. The summed E-state index contributed by atoms with van der Waals surface area (Å²) in [5.41, 5.74) is 2.31. The number of pyridine rings is 1. The van der Waals surface area contributed by atoms with Crippen molar-refractivity contribution in [3.05, 3.63) is 43.2 Å². The van der Waals surface area contributed by atoms with Gasteiger partial charge in [0.05, 0.1) is 26.9 Å². The van der Waals surface area contributed by atoms with Gasteiger partial charge < -0.3 is 10.1 Å². The van der Waals surface area contributed by atoms with Gasteiger partial charge in [-0.2, -0.15) is 0 Å². The number of nitrogens with one attached hydrogen (secondary N) is 1. The number of thiophene rings is 1. The Morgan fingerprint density at radius 3 is 2.75 bits per heavy atom. The Balaban J connectivity index is 2.38. The standard InChI is InChI=1S/C14H16Br2N2OS/c1-3-4-18-13(11-6-12(15)20-14(11)16)9-5-10(19-2)8-17-7-9/h5-8,13,18H,3-4H2,1-2H3. The largest absolute Gasteiger partial charge is 0.495 e. The Morgan fingerprint density at radius 1 is 1.35 bits per heavy atom. The smallest absolute Gasteiger partial charge is 0.137 e. The van der Waals surface area contributed by atoms with Crippen LogP contribution >= 0.6 is 43.2 Å². The van der Waals surface area contributed by atoms with E-state index < -0.39 is 0 Å². The predicted octanol–water partition coefficient (Wildman–Crippen LogP) is 4.77. The Bertz CT molecular complexity index is 574. The van der Waals surface area contributed by atoms with E-state index >= 15 is 0 Å². The van der Waals surface area contributed by atoms with Crippen molar-refractivity contribution in [3.63, 3.8) is 0 Å². The Labute approximate surface area is 140 Å². The SMILES string of the molecule is CCCNC(c1cncc(OC)c1)c1cc(Br)sc1Br. The number of hydrogen-bond acceptors (Lipinski definition) is 4. The fourth-order valence-corrected chi connectivity index (χ4v) is 4.85. The lowest BCUT2D eigenvalue weighted by Crippen LogP contribution is -2.23. The van der Waals surface area contributed by atoms with E-state index in [2.05, 4.69) is 55.2 Å². The molecule has 0 fully saturated rings. The normalized spacial score (nSPS) is 12.4. The van der Waals surface area contributed by atoms with Crippen LogP contribution in [0.25, 0.3) is 0 Å². The molecule has 20 heavy (non-hydrogen) atoms. The van der Waals surface area contributed by atoms with Crippen LogP contribution in [0.2, 0.25) is 0 Å². The first kappa shape index (κ1) is 15.9. The van der Waals surface area contributed by atoms with Gasteiger partial charge in [-0.25, -0.2) is 0 Å². The zero-order chi connectivity index (χ0) is 14.5. The lowest BCUT2D eigenvalue weighted by Gasteiger charge is -2.19. The first-order valence-corrected chi connectivity index (χ1v) is 8.73. The Kier molecular flexibility index (Phi) is 6.01. The topological polar surface area (TPSA) is 34.2 Å². The molecular weight excluding hydrogens is 404 g/mol. The van der Waals surface area contributed by atoms with Crippen LogP contribution in [0.15, 0.2) is 32.1 Å². The molecular formula is C14H16Br2N2OS. The third kappa shape index (κ3) is 3.81. The van der Waals surface area contributed by atoms with Crippen LogP contribution in [0.1, 0.15) is 30.5 Å². The molecule has 0 aromatic carbocycles. The Morgan fingerprint density at radius 2 is 2.15 bits per heavy atom. The third-order valence-electron chi connectivity index (χ3n) is 2.90. The summed E-state index contributed by atoms with van der Waals surface area (Å²) < 4.78 is 7.51. The van der Waals surface area contributed by atoms with Crippen molar-refractivity contribution in [1.29, 1.82) is 0 Å². The summed E-state index contributed by atoms with van der Waals surface area (Å²) in [5, 5.41) is 3.57. The maximum absolute atomic E-state index is 5.27. The van der Waals surface area contributed by atoms with Gasteiger partial charge >= 0.3 is 0 Å². The van der Waals surface area contributed by atoms with Crippen molar-refractivity contribution in [2.45, 2.75) is 19.4 Å². The molecule has 0 aliphatic carbocycles. The van der Waals surface area contributed by atoms with E-state index in [9.17, 15) is 0 Å². The zero-order valence-corrected chi connectivity index (χ0v) is 15.3. The van der Waals surface area contributed by atoms with E-state index in [4.69, 9.17) is 4.74 Å². The number of aromatic nitrogens is 1. The first-order chi connectivity index (χ1) is 9.65. The van der Waals surface area contributed by atoms with E-state index in [1.807, 2.05) is 12.3 Å². The minimum atomic E-state index is 0.106. The van der Waals surface area contributed by atoms with Crippen molar-refractivity contribution >= 4 is 43.2 Å². The van der Waals surface area contributed by atoms with Crippen molar-refractivity contribution in [3.8, 4) is 5.75 Å². The molecule has 0 bridgehead atoms. The highest BCUT2D eigenvalue weighted by atomic mass is 79.9. The lowest BCUT2D eigenvalue weighted by atomic mass is 10.0. The number of ether oxygens (including phenoxy) is 1. The third-order valence-corrected chi connectivity index (χ3v) is 5.28. The summed E-state index contributed by atoms with van der Waals surface area (Å²) in [4.78, 5) is 4.26. The number of halogens is 2. The number of hydrogen-bond donors (Lipinski definition) is 1. The summed E-state index contributed by atoms with van der Waals surface area (Å²) in [5.74, 6) is 0.774. The Hall–Kier alpha value is -0.430. The van der Waals surface area contributed by atoms with Gasteiger partial charge in [0.15, 0.2) is 0 Å². The van der Waals surface area contributed by atoms with Gasteiger partial charge in [0.25, 0.3) is 0 Å². The van der Waals surface area contributed by atoms with Crippen LogP contribution in [-0.4, -0.2) is 18.6 Å². The zero-order valence-electron chi connectivity index (χ0n) is 11.3. The van der Waals surface area contributed by atoms with Crippen LogP contribution in [0.4, 0.5) is 0 Å². The fourth-order valence-electron chi connectivity index (χ4n) is 1.95. The van der Waals surface area contributed by atoms with Crippen LogP contribution in [0.3, 0.4) is 0 Å². The monoisotopic (exact) mass is 418 g/mol. The number of nitrogens with zero attached hydrogens (tertiary/aromatic N) is 1. The van der Waals surface area contributed by atoms with Crippen LogP contribution in [-0.2, 0) is 0 Å². The van der Waals surface area contributed by atoms with Crippen LogP contribution in [0, 0.1) is 0 Å². The number of rotatable bonds is 6. The molecule has 0 aliphatic heterocycles. The molecule has 0 saturated carbocycles. The van der Waals surface area contributed by atoms with Crippen molar-refractivity contribution in [1.82, 2.24) is 10.3 Å². The van der Waals surface area contributed by atoms with E-state index in [1.54, 1.807) is 24.6 Å². The highest BCUT2D eigenvalue weighted by Gasteiger charge is 2.19. The molecule has 0 amide bonds. The number of methoxy groups -OCH3 is 1. The highest BCUT2D eigenvalue weighted by molar-refractivity contribution is 9.12. The molecule has 1 unspecified atom stereocenters. The van der Waals surface area contributed by atoms with Crippen molar-refractivity contribution in [2.75, 3.05) is 13.7 Å². The molecule has 0 saturated heterocycles. The second-order valence-corrected chi connectivity index (χ2v) is 8.07. The predicted molar refractivity (Wildman–Crippen MR) is 90.6 cm³/mol. The molecule has 2 rings (SSSR count). The minimum Gasteiger partial charge on any atom is -0.495 e. The second-order valence-electron chi connectivity index (χ2n) is 4.32. The van der Waals surface area contributed by atoms with E-state index in [-0.39, 0.29) is 6.04 Å². The maximum atomic E-state index is 5.27. The van der Waals surface area contributed by atoms with Gasteiger partial charge in [0, 0.05) is 6.20 Å². The van der Waals surface area contributed by atoms with Crippen molar-refractivity contribution in [2.24, 2.45) is 0 Å². The molecule has 6 heteroatoms. The summed E-state index contributed by atoms with van der Waals surface area (Å²) >= 11 is 8.86. The van der Waals surface area contributed by atoms with Gasteiger partial charge in [-0.1, -0.05) is 6.92 Å². The van der Waals surface area contributed by atoms with E-state index in [0.717, 1.165) is 31.9 Å². The van der Waals surface area contributed by atoms with Gasteiger partial charge in [0.1, 0.15) is 5.75 Å². The molecule has 0 radical (unpaired) electrons. The molecule has 3 nitrogen and oxygen atoms in total. The average molecular weight is 420 g/mol. The molecule has 0 spiro atoms. The molecule has 2 aromatic heterocycles. The summed E-state index contributed by atoms with van der Waals surface area (Å²) in [6, 6.07) is 4.27. The first-order valence-electron chi connectivity index (χ1n) is 6.32. The van der Waals surface area contributed by atoms with Crippen LogP contribution < -0.4 is 10.1 Å². The molecule has 108 valence electrons.